The van der Waals surface area contributed by atoms with Crippen LogP contribution in [0.5, 0.6) is 0 Å². The molecule has 0 saturated heterocycles. The summed E-state index contributed by atoms with van der Waals surface area (Å²) in [6.45, 7) is 0. The standard InChI is InChI=1S/C12H7ClO4/c13-8-3-1-7(2-4-8)11-5-10(14)9(6-17-11)12(15)16/h1-6H,(H,15,16). The molecule has 0 unspecified atom stereocenters. The van der Waals surface area contributed by atoms with E-state index >= 15 is 0 Å². The minimum Gasteiger partial charge on any atom is -0.477 e. The third-order valence-electron chi connectivity index (χ3n) is 2.19. The van der Waals surface area contributed by atoms with E-state index in [1.807, 2.05) is 0 Å². The smallest absolute Gasteiger partial charge is 0.342 e. The number of carboxylic acids is 1. The molecule has 0 spiro atoms. The molecule has 0 atom stereocenters. The number of rotatable bonds is 2. The molecular weight excluding hydrogens is 244 g/mol. The molecule has 0 aliphatic carbocycles. The average Bonchev–Trinajstić information content (AvgIpc) is 2.29. The zero-order valence-electron chi connectivity index (χ0n) is 8.51. The highest BCUT2D eigenvalue weighted by Gasteiger charge is 2.11. The summed E-state index contributed by atoms with van der Waals surface area (Å²) in [7, 11) is 0. The van der Waals surface area contributed by atoms with Gasteiger partial charge in [-0.05, 0) is 24.3 Å². The Hall–Kier alpha value is -2.07. The fourth-order valence-electron chi connectivity index (χ4n) is 1.33. The second-order valence-electron chi connectivity index (χ2n) is 3.33. The van der Waals surface area contributed by atoms with Gasteiger partial charge in [-0.1, -0.05) is 11.6 Å². The Kier molecular flexibility index (Phi) is 2.97. The Labute approximate surface area is 101 Å². The first kappa shape index (κ1) is 11.4. The van der Waals surface area contributed by atoms with Crippen molar-refractivity contribution in [3.8, 4) is 11.3 Å². The molecule has 0 saturated carbocycles. The summed E-state index contributed by atoms with van der Waals surface area (Å²) in [6.07, 6.45) is 0.939. The van der Waals surface area contributed by atoms with Crippen molar-refractivity contribution >= 4 is 17.6 Å². The van der Waals surface area contributed by atoms with E-state index in [9.17, 15) is 9.59 Å². The highest BCUT2D eigenvalue weighted by Crippen LogP contribution is 2.20. The highest BCUT2D eigenvalue weighted by molar-refractivity contribution is 6.30. The van der Waals surface area contributed by atoms with E-state index in [0.29, 0.717) is 16.3 Å². The lowest BCUT2D eigenvalue weighted by molar-refractivity contribution is 0.0693. The van der Waals surface area contributed by atoms with E-state index in [-0.39, 0.29) is 5.56 Å². The van der Waals surface area contributed by atoms with Gasteiger partial charge in [0.1, 0.15) is 17.6 Å². The van der Waals surface area contributed by atoms with E-state index in [0.717, 1.165) is 12.3 Å². The number of hydrogen-bond acceptors (Lipinski definition) is 3. The Morgan fingerprint density at radius 1 is 1.24 bits per heavy atom. The number of aromatic carboxylic acids is 1. The monoisotopic (exact) mass is 250 g/mol. The maximum absolute atomic E-state index is 11.5. The molecule has 1 N–H and O–H groups in total. The normalized spacial score (nSPS) is 10.2. The van der Waals surface area contributed by atoms with E-state index < -0.39 is 11.4 Å². The molecular formula is C12H7ClO4. The number of hydrogen-bond donors (Lipinski definition) is 1. The lowest BCUT2D eigenvalue weighted by atomic mass is 10.1. The van der Waals surface area contributed by atoms with Gasteiger partial charge in [-0.2, -0.15) is 0 Å². The molecule has 1 aromatic heterocycles. The molecule has 0 radical (unpaired) electrons. The molecule has 1 heterocycles. The predicted molar refractivity (Wildman–Crippen MR) is 62.4 cm³/mol. The predicted octanol–water partition coefficient (Wildman–Crippen LogP) is 2.66. The van der Waals surface area contributed by atoms with Gasteiger partial charge in [0.05, 0.1) is 0 Å². The maximum atomic E-state index is 11.5. The van der Waals surface area contributed by atoms with Crippen LogP contribution in [-0.2, 0) is 0 Å². The third-order valence-corrected chi connectivity index (χ3v) is 2.44. The number of carboxylic acid groups (broad SMARTS) is 1. The lowest BCUT2D eigenvalue weighted by Gasteiger charge is -2.00. The molecule has 0 aliphatic heterocycles. The van der Waals surface area contributed by atoms with E-state index in [2.05, 4.69) is 0 Å². The quantitative estimate of drug-likeness (QED) is 0.890. The SMILES string of the molecule is O=C(O)c1coc(-c2ccc(Cl)cc2)cc1=O. The molecule has 2 rings (SSSR count). The van der Waals surface area contributed by atoms with Crippen molar-refractivity contribution in [2.24, 2.45) is 0 Å². The summed E-state index contributed by atoms with van der Waals surface area (Å²) >= 11 is 5.73. The van der Waals surface area contributed by atoms with Gasteiger partial charge in [0.15, 0.2) is 5.43 Å². The van der Waals surface area contributed by atoms with Crippen molar-refractivity contribution in [3.05, 3.63) is 57.4 Å². The summed E-state index contributed by atoms with van der Waals surface area (Å²) in [5.41, 5.74) is -0.320. The Bertz CT molecular complexity index is 613. The topological polar surface area (TPSA) is 67.5 Å². The van der Waals surface area contributed by atoms with Gasteiger partial charge < -0.3 is 9.52 Å². The van der Waals surface area contributed by atoms with Gasteiger partial charge in [-0.25, -0.2) is 4.79 Å². The van der Waals surface area contributed by atoms with Gasteiger partial charge in [0.2, 0.25) is 0 Å². The average molecular weight is 251 g/mol. The molecule has 0 aliphatic rings. The summed E-state index contributed by atoms with van der Waals surface area (Å²) in [5, 5.41) is 9.25. The van der Waals surface area contributed by atoms with Gasteiger partial charge in [-0.15, -0.1) is 0 Å². The summed E-state index contributed by atoms with van der Waals surface area (Å²) in [5.74, 6) is -1.00. The zero-order valence-corrected chi connectivity index (χ0v) is 9.27. The van der Waals surface area contributed by atoms with Crippen LogP contribution in [0.3, 0.4) is 0 Å². The first-order chi connectivity index (χ1) is 8.08. The lowest BCUT2D eigenvalue weighted by Crippen LogP contribution is -2.12. The number of halogens is 1. The summed E-state index contributed by atoms with van der Waals surface area (Å²) < 4.78 is 5.10. The molecule has 0 fully saturated rings. The van der Waals surface area contributed by atoms with Crippen LogP contribution in [0.4, 0.5) is 0 Å². The van der Waals surface area contributed by atoms with Crippen LogP contribution in [0.15, 0.2) is 45.8 Å². The molecule has 86 valence electrons. The molecule has 2 aromatic rings. The van der Waals surface area contributed by atoms with Crippen molar-refractivity contribution in [3.63, 3.8) is 0 Å². The van der Waals surface area contributed by atoms with Crippen LogP contribution in [-0.4, -0.2) is 11.1 Å². The van der Waals surface area contributed by atoms with Crippen LogP contribution in [0.1, 0.15) is 10.4 Å². The molecule has 5 heteroatoms. The summed E-state index contributed by atoms with van der Waals surface area (Å²) in [4.78, 5) is 22.1. The molecule has 0 bridgehead atoms. The van der Waals surface area contributed by atoms with Crippen LogP contribution in [0, 0.1) is 0 Å². The number of carbonyl (C=O) groups is 1. The fraction of sp³-hybridized carbons (Fsp3) is 0. The van der Waals surface area contributed by atoms with E-state index in [1.54, 1.807) is 24.3 Å². The van der Waals surface area contributed by atoms with E-state index in [1.165, 1.54) is 0 Å². The van der Waals surface area contributed by atoms with Crippen LogP contribution in [0.25, 0.3) is 11.3 Å². The van der Waals surface area contributed by atoms with Gasteiger partial charge in [-0.3, -0.25) is 4.79 Å². The van der Waals surface area contributed by atoms with Crippen molar-refractivity contribution in [1.29, 1.82) is 0 Å². The first-order valence-corrected chi connectivity index (χ1v) is 5.08. The minimum absolute atomic E-state index is 0.302. The van der Waals surface area contributed by atoms with Crippen LogP contribution >= 0.6 is 11.6 Å². The van der Waals surface area contributed by atoms with Gasteiger partial charge in [0.25, 0.3) is 0 Å². The largest absolute Gasteiger partial charge is 0.477 e. The van der Waals surface area contributed by atoms with Crippen LogP contribution < -0.4 is 5.43 Å². The van der Waals surface area contributed by atoms with Crippen molar-refractivity contribution < 1.29 is 14.3 Å². The Morgan fingerprint density at radius 2 is 1.88 bits per heavy atom. The molecule has 17 heavy (non-hydrogen) atoms. The highest BCUT2D eigenvalue weighted by atomic mass is 35.5. The second kappa shape index (κ2) is 4.43. The minimum atomic E-state index is -1.30. The van der Waals surface area contributed by atoms with Crippen molar-refractivity contribution in [2.45, 2.75) is 0 Å². The van der Waals surface area contributed by atoms with Gasteiger partial charge >= 0.3 is 5.97 Å². The van der Waals surface area contributed by atoms with Gasteiger partial charge in [0, 0.05) is 16.7 Å². The van der Waals surface area contributed by atoms with Crippen molar-refractivity contribution in [1.82, 2.24) is 0 Å². The third kappa shape index (κ3) is 2.37. The molecule has 4 nitrogen and oxygen atoms in total. The van der Waals surface area contributed by atoms with E-state index in [4.69, 9.17) is 21.1 Å². The number of benzene rings is 1. The Morgan fingerprint density at radius 3 is 2.41 bits per heavy atom. The van der Waals surface area contributed by atoms with Crippen molar-refractivity contribution in [2.75, 3.05) is 0 Å². The molecule has 0 amide bonds. The maximum Gasteiger partial charge on any atom is 0.342 e. The summed E-state index contributed by atoms with van der Waals surface area (Å²) in [6, 6.07) is 7.82. The fourth-order valence-corrected chi connectivity index (χ4v) is 1.46. The second-order valence-corrected chi connectivity index (χ2v) is 3.77. The van der Waals surface area contributed by atoms with Crippen LogP contribution in [0.2, 0.25) is 5.02 Å². The first-order valence-electron chi connectivity index (χ1n) is 4.70. The zero-order chi connectivity index (χ0) is 12.4. The Balaban J connectivity index is 2.48. The molecule has 1 aromatic carbocycles.